The zero-order valence-electron chi connectivity index (χ0n) is 15.1. The fourth-order valence-electron chi connectivity index (χ4n) is 3.25. The summed E-state index contributed by atoms with van der Waals surface area (Å²) in [7, 11) is 0. The summed E-state index contributed by atoms with van der Waals surface area (Å²) < 4.78 is 8.03. The van der Waals surface area contributed by atoms with Crippen molar-refractivity contribution in [1.82, 2.24) is 14.8 Å². The Morgan fingerprint density at radius 2 is 1.85 bits per heavy atom. The van der Waals surface area contributed by atoms with E-state index in [1.807, 2.05) is 30.3 Å². The van der Waals surface area contributed by atoms with Gasteiger partial charge in [0.2, 0.25) is 0 Å². The molecule has 1 aromatic heterocycles. The number of rotatable bonds is 6. The van der Waals surface area contributed by atoms with Crippen molar-refractivity contribution in [2.45, 2.75) is 37.1 Å². The highest BCUT2D eigenvalue weighted by Gasteiger charge is 2.20. The van der Waals surface area contributed by atoms with Gasteiger partial charge in [-0.3, -0.25) is 4.57 Å². The Bertz CT molecular complexity index is 878. The molecule has 4 rings (SSSR count). The first kappa shape index (κ1) is 18.5. The van der Waals surface area contributed by atoms with Gasteiger partial charge in [0, 0.05) is 17.9 Å². The number of hydrogen-bond acceptors (Lipinski definition) is 4. The van der Waals surface area contributed by atoms with Crippen molar-refractivity contribution in [2.24, 2.45) is 0 Å². The minimum absolute atomic E-state index is 0.300. The number of aromatic nitrogens is 3. The Morgan fingerprint density at radius 1 is 1.04 bits per heavy atom. The van der Waals surface area contributed by atoms with E-state index in [4.69, 9.17) is 16.3 Å². The lowest BCUT2D eigenvalue weighted by Crippen LogP contribution is -2.21. The molecule has 0 radical (unpaired) electrons. The average Bonchev–Trinajstić information content (AvgIpc) is 3.10. The third kappa shape index (κ3) is 4.54. The monoisotopic (exact) mass is 399 g/mol. The van der Waals surface area contributed by atoms with Crippen molar-refractivity contribution in [3.63, 3.8) is 0 Å². The average molecular weight is 400 g/mol. The number of ether oxygens (including phenoxy) is 1. The van der Waals surface area contributed by atoms with E-state index in [0.29, 0.717) is 17.7 Å². The van der Waals surface area contributed by atoms with E-state index in [2.05, 4.69) is 39.0 Å². The van der Waals surface area contributed by atoms with E-state index in [1.165, 1.54) is 18.4 Å². The van der Waals surface area contributed by atoms with Crippen molar-refractivity contribution in [3.8, 4) is 11.4 Å². The quantitative estimate of drug-likeness (QED) is 0.527. The molecule has 1 fully saturated rings. The van der Waals surface area contributed by atoms with Gasteiger partial charge in [0.05, 0.1) is 17.7 Å². The standard InChI is InChI=1S/C21H22ClN3OS/c22-19-12-5-4-11-18(19)20-23-24-21(27-15-17-10-6-7-13-26-17)25(20)14-16-8-2-1-3-9-16/h1-5,8-9,11-12,17H,6-7,10,13-15H2. The molecule has 3 aromatic rings. The molecule has 6 heteroatoms. The second-order valence-electron chi connectivity index (χ2n) is 6.66. The maximum Gasteiger partial charge on any atom is 0.191 e. The van der Waals surface area contributed by atoms with E-state index in [9.17, 15) is 0 Å². The lowest BCUT2D eigenvalue weighted by atomic mass is 10.1. The normalized spacial score (nSPS) is 17.1. The van der Waals surface area contributed by atoms with Gasteiger partial charge in [-0.1, -0.05) is 65.8 Å². The first-order valence-corrected chi connectivity index (χ1v) is 10.6. The summed E-state index contributed by atoms with van der Waals surface area (Å²) in [6.07, 6.45) is 3.83. The van der Waals surface area contributed by atoms with Crippen molar-refractivity contribution < 1.29 is 4.74 Å². The molecular weight excluding hydrogens is 378 g/mol. The number of halogens is 1. The fourth-order valence-corrected chi connectivity index (χ4v) is 4.48. The van der Waals surface area contributed by atoms with Crippen LogP contribution in [0.15, 0.2) is 59.8 Å². The van der Waals surface area contributed by atoms with E-state index in [-0.39, 0.29) is 0 Å². The summed E-state index contributed by atoms with van der Waals surface area (Å²) in [6.45, 7) is 1.58. The Balaban J connectivity index is 1.63. The van der Waals surface area contributed by atoms with Crippen LogP contribution in [-0.2, 0) is 11.3 Å². The van der Waals surface area contributed by atoms with Crippen LogP contribution in [0.5, 0.6) is 0 Å². The zero-order chi connectivity index (χ0) is 18.5. The second-order valence-corrected chi connectivity index (χ2v) is 8.05. The van der Waals surface area contributed by atoms with Gasteiger partial charge in [-0.2, -0.15) is 0 Å². The SMILES string of the molecule is Clc1ccccc1-c1nnc(SCC2CCCCO2)n1Cc1ccccc1. The van der Waals surface area contributed by atoms with E-state index in [1.54, 1.807) is 11.8 Å². The molecule has 1 aliphatic rings. The number of nitrogens with zero attached hydrogens (tertiary/aromatic N) is 3. The van der Waals surface area contributed by atoms with Crippen LogP contribution in [0.25, 0.3) is 11.4 Å². The van der Waals surface area contributed by atoms with Crippen molar-refractivity contribution in [3.05, 3.63) is 65.2 Å². The van der Waals surface area contributed by atoms with E-state index >= 15 is 0 Å². The summed E-state index contributed by atoms with van der Waals surface area (Å²) in [5.74, 6) is 1.70. The van der Waals surface area contributed by atoms with Gasteiger partial charge in [-0.25, -0.2) is 0 Å². The number of benzene rings is 2. The summed E-state index contributed by atoms with van der Waals surface area (Å²) in [6, 6.07) is 18.2. The van der Waals surface area contributed by atoms with Crippen molar-refractivity contribution in [1.29, 1.82) is 0 Å². The van der Waals surface area contributed by atoms with E-state index < -0.39 is 0 Å². The van der Waals surface area contributed by atoms with E-state index in [0.717, 1.165) is 35.3 Å². The lowest BCUT2D eigenvalue weighted by Gasteiger charge is -2.22. The maximum atomic E-state index is 6.43. The largest absolute Gasteiger partial charge is 0.377 e. The van der Waals surface area contributed by atoms with Gasteiger partial charge in [0.15, 0.2) is 11.0 Å². The predicted octanol–water partition coefficient (Wildman–Crippen LogP) is 5.31. The first-order valence-electron chi connectivity index (χ1n) is 9.27. The molecule has 27 heavy (non-hydrogen) atoms. The molecule has 0 N–H and O–H groups in total. The van der Waals surface area contributed by atoms with Gasteiger partial charge in [-0.15, -0.1) is 10.2 Å². The summed E-state index contributed by atoms with van der Waals surface area (Å²) >= 11 is 8.15. The molecule has 0 bridgehead atoms. The van der Waals surface area contributed by atoms with Gasteiger partial charge in [-0.05, 0) is 37.0 Å². The lowest BCUT2D eigenvalue weighted by molar-refractivity contribution is 0.0315. The maximum absolute atomic E-state index is 6.43. The van der Waals surface area contributed by atoms with Crippen LogP contribution in [0.1, 0.15) is 24.8 Å². The number of thioether (sulfide) groups is 1. The fraction of sp³-hybridized carbons (Fsp3) is 0.333. The molecule has 1 atom stereocenters. The van der Waals surface area contributed by atoms with Crippen LogP contribution in [-0.4, -0.2) is 33.2 Å². The second kappa shape index (κ2) is 8.91. The Morgan fingerprint density at radius 3 is 2.63 bits per heavy atom. The van der Waals surface area contributed by atoms with Crippen molar-refractivity contribution >= 4 is 23.4 Å². The summed E-state index contributed by atoms with van der Waals surface area (Å²) in [5.41, 5.74) is 2.12. The molecule has 2 heterocycles. The van der Waals surface area contributed by atoms with Crippen LogP contribution in [0.2, 0.25) is 5.02 Å². The van der Waals surface area contributed by atoms with Gasteiger partial charge >= 0.3 is 0 Å². The number of hydrogen-bond donors (Lipinski definition) is 0. The van der Waals surface area contributed by atoms with Crippen LogP contribution in [0.3, 0.4) is 0 Å². The Kier molecular flexibility index (Phi) is 6.12. The van der Waals surface area contributed by atoms with Gasteiger partial charge in [0.1, 0.15) is 0 Å². The Hall–Kier alpha value is -1.82. The van der Waals surface area contributed by atoms with Crippen LogP contribution in [0, 0.1) is 0 Å². The third-order valence-corrected chi connectivity index (χ3v) is 6.12. The highest BCUT2D eigenvalue weighted by Crippen LogP contribution is 2.31. The molecule has 1 saturated heterocycles. The first-order chi connectivity index (χ1) is 13.3. The van der Waals surface area contributed by atoms with Crippen LogP contribution >= 0.6 is 23.4 Å². The third-order valence-electron chi connectivity index (χ3n) is 4.69. The smallest absolute Gasteiger partial charge is 0.191 e. The molecule has 2 aromatic carbocycles. The molecule has 140 valence electrons. The highest BCUT2D eigenvalue weighted by atomic mass is 35.5. The van der Waals surface area contributed by atoms with Crippen LogP contribution in [0.4, 0.5) is 0 Å². The minimum Gasteiger partial charge on any atom is -0.377 e. The molecule has 0 amide bonds. The minimum atomic E-state index is 0.300. The summed E-state index contributed by atoms with van der Waals surface area (Å²) in [4.78, 5) is 0. The predicted molar refractivity (Wildman–Crippen MR) is 110 cm³/mol. The molecule has 1 unspecified atom stereocenters. The topological polar surface area (TPSA) is 39.9 Å². The molecule has 0 aliphatic carbocycles. The van der Waals surface area contributed by atoms with Crippen molar-refractivity contribution in [2.75, 3.05) is 12.4 Å². The molecule has 1 aliphatic heterocycles. The molecule has 0 spiro atoms. The molecular formula is C21H22ClN3OS. The summed E-state index contributed by atoms with van der Waals surface area (Å²) in [5, 5.41) is 10.5. The van der Waals surface area contributed by atoms with Gasteiger partial charge in [0.25, 0.3) is 0 Å². The molecule has 4 nitrogen and oxygen atoms in total. The zero-order valence-corrected chi connectivity index (χ0v) is 16.6. The highest BCUT2D eigenvalue weighted by molar-refractivity contribution is 7.99. The molecule has 0 saturated carbocycles. The van der Waals surface area contributed by atoms with Gasteiger partial charge < -0.3 is 4.74 Å². The van der Waals surface area contributed by atoms with Crippen LogP contribution < -0.4 is 0 Å². The Labute approximate surface area is 168 Å².